The minimum absolute atomic E-state index is 0.124. The van der Waals surface area contributed by atoms with Crippen molar-refractivity contribution in [3.8, 4) is 11.1 Å². The maximum Gasteiger partial charge on any atom is 0.407 e. The van der Waals surface area contributed by atoms with Crippen LogP contribution in [0.1, 0.15) is 22.7 Å². The van der Waals surface area contributed by atoms with Gasteiger partial charge in [0, 0.05) is 0 Å². The first-order chi connectivity index (χ1) is 8.97. The summed E-state index contributed by atoms with van der Waals surface area (Å²) in [6.45, 7) is 0. The average Bonchev–Trinajstić information content (AvgIpc) is 2.74. The molecule has 0 saturated carbocycles. The summed E-state index contributed by atoms with van der Waals surface area (Å²) in [5.41, 5.74) is 9.54. The Morgan fingerprint density at radius 3 is 2.37 bits per heavy atom. The number of hydrogen-bond donors (Lipinski definition) is 1. The molecule has 2 N–H and O–H groups in total. The van der Waals surface area contributed by atoms with E-state index in [1.54, 1.807) is 12.1 Å². The predicted molar refractivity (Wildman–Crippen MR) is 67.7 cm³/mol. The molecular formula is C15H12F3N. The monoisotopic (exact) mass is 263 g/mol. The van der Waals surface area contributed by atoms with Crippen LogP contribution in [-0.2, 0) is 6.42 Å². The Bertz CT molecular complexity index is 632. The zero-order valence-corrected chi connectivity index (χ0v) is 10.0. The second-order valence-electron chi connectivity index (χ2n) is 4.77. The number of halogens is 3. The highest BCUT2D eigenvalue weighted by molar-refractivity contribution is 5.77. The van der Waals surface area contributed by atoms with Crippen molar-refractivity contribution < 1.29 is 13.2 Å². The summed E-state index contributed by atoms with van der Waals surface area (Å²) in [6, 6.07) is 10.7. The molecule has 0 aromatic heterocycles. The minimum atomic E-state index is -4.40. The fourth-order valence-corrected chi connectivity index (χ4v) is 2.55. The van der Waals surface area contributed by atoms with Crippen LogP contribution in [0.4, 0.5) is 13.2 Å². The summed E-state index contributed by atoms with van der Waals surface area (Å²) in [5.74, 6) is 0. The lowest BCUT2D eigenvalue weighted by atomic mass is 10.00. The molecule has 19 heavy (non-hydrogen) atoms. The Labute approximate surface area is 108 Å². The normalized spacial score (nSPS) is 14.9. The zero-order chi connectivity index (χ0) is 13.6. The van der Waals surface area contributed by atoms with Crippen LogP contribution in [-0.4, -0.2) is 6.18 Å². The zero-order valence-electron chi connectivity index (χ0n) is 10.0. The number of nitrogens with two attached hydrogens (primary N) is 1. The first-order valence-electron chi connectivity index (χ1n) is 6.00. The summed E-state index contributed by atoms with van der Waals surface area (Å²) in [5, 5.41) is 0. The van der Waals surface area contributed by atoms with E-state index in [9.17, 15) is 13.2 Å². The third-order valence-electron chi connectivity index (χ3n) is 3.53. The van der Waals surface area contributed by atoms with E-state index in [1.165, 1.54) is 6.07 Å². The highest BCUT2D eigenvalue weighted by Crippen LogP contribution is 2.39. The molecule has 0 amide bonds. The molecule has 1 atom stereocenters. The SMILES string of the molecule is N[C@H](c1ccc2c(c1)Cc1ccccc1-2)C(F)(F)F. The van der Waals surface area contributed by atoms with Crippen LogP contribution in [0.3, 0.4) is 0 Å². The molecule has 4 heteroatoms. The van der Waals surface area contributed by atoms with E-state index < -0.39 is 12.2 Å². The second kappa shape index (κ2) is 4.10. The van der Waals surface area contributed by atoms with Crippen LogP contribution in [0.15, 0.2) is 42.5 Å². The van der Waals surface area contributed by atoms with E-state index in [0.29, 0.717) is 6.42 Å². The Balaban J connectivity index is 2.02. The molecule has 1 aliphatic carbocycles. The van der Waals surface area contributed by atoms with Gasteiger partial charge in [-0.05, 0) is 34.2 Å². The third kappa shape index (κ3) is 2.02. The van der Waals surface area contributed by atoms with Crippen LogP contribution in [0, 0.1) is 0 Å². The molecule has 0 fully saturated rings. The molecule has 0 bridgehead atoms. The van der Waals surface area contributed by atoms with Crippen molar-refractivity contribution in [1.29, 1.82) is 0 Å². The Hall–Kier alpha value is -1.81. The largest absolute Gasteiger partial charge is 0.407 e. The lowest BCUT2D eigenvalue weighted by molar-refractivity contribution is -0.149. The van der Waals surface area contributed by atoms with Gasteiger partial charge in [0.25, 0.3) is 0 Å². The lowest BCUT2D eigenvalue weighted by Gasteiger charge is -2.16. The highest BCUT2D eigenvalue weighted by Gasteiger charge is 2.38. The van der Waals surface area contributed by atoms with E-state index in [-0.39, 0.29) is 5.56 Å². The summed E-state index contributed by atoms with van der Waals surface area (Å²) < 4.78 is 37.9. The quantitative estimate of drug-likeness (QED) is 0.709. The molecule has 0 heterocycles. The smallest absolute Gasteiger partial charge is 0.316 e. The van der Waals surface area contributed by atoms with Gasteiger partial charge >= 0.3 is 6.18 Å². The first-order valence-corrected chi connectivity index (χ1v) is 6.00. The number of alkyl halides is 3. The van der Waals surface area contributed by atoms with Gasteiger partial charge in [-0.25, -0.2) is 0 Å². The fourth-order valence-electron chi connectivity index (χ4n) is 2.55. The van der Waals surface area contributed by atoms with Crippen LogP contribution >= 0.6 is 0 Å². The minimum Gasteiger partial charge on any atom is -0.316 e. The maximum absolute atomic E-state index is 12.6. The van der Waals surface area contributed by atoms with E-state index in [1.807, 2.05) is 24.3 Å². The fraction of sp³-hybridized carbons (Fsp3) is 0.200. The van der Waals surface area contributed by atoms with Crippen molar-refractivity contribution in [2.75, 3.05) is 0 Å². The molecule has 1 aliphatic rings. The van der Waals surface area contributed by atoms with E-state index >= 15 is 0 Å². The molecule has 0 spiro atoms. The van der Waals surface area contributed by atoms with Crippen molar-refractivity contribution in [3.63, 3.8) is 0 Å². The molecule has 1 nitrogen and oxygen atoms in total. The van der Waals surface area contributed by atoms with Gasteiger partial charge in [0.15, 0.2) is 0 Å². The lowest BCUT2D eigenvalue weighted by Crippen LogP contribution is -2.28. The molecule has 0 aliphatic heterocycles. The average molecular weight is 263 g/mol. The van der Waals surface area contributed by atoms with Crippen LogP contribution < -0.4 is 5.73 Å². The van der Waals surface area contributed by atoms with Crippen molar-refractivity contribution in [2.24, 2.45) is 5.73 Å². The molecule has 2 aromatic rings. The van der Waals surface area contributed by atoms with Crippen molar-refractivity contribution in [2.45, 2.75) is 18.6 Å². The number of benzene rings is 2. The number of rotatable bonds is 1. The molecule has 3 rings (SSSR count). The van der Waals surface area contributed by atoms with Gasteiger partial charge in [0.2, 0.25) is 0 Å². The van der Waals surface area contributed by atoms with Crippen LogP contribution in [0.25, 0.3) is 11.1 Å². The summed E-state index contributed by atoms with van der Waals surface area (Å²) in [6.07, 6.45) is -3.73. The van der Waals surface area contributed by atoms with Gasteiger partial charge < -0.3 is 5.73 Å². The first kappa shape index (κ1) is 12.2. The Morgan fingerprint density at radius 1 is 0.947 bits per heavy atom. The summed E-state index contributed by atoms with van der Waals surface area (Å²) >= 11 is 0. The van der Waals surface area contributed by atoms with Gasteiger partial charge in [0.1, 0.15) is 6.04 Å². The van der Waals surface area contributed by atoms with Gasteiger partial charge in [-0.15, -0.1) is 0 Å². The van der Waals surface area contributed by atoms with Gasteiger partial charge in [0.05, 0.1) is 0 Å². The van der Waals surface area contributed by atoms with Crippen molar-refractivity contribution >= 4 is 0 Å². The van der Waals surface area contributed by atoms with Crippen LogP contribution in [0.5, 0.6) is 0 Å². The highest BCUT2D eigenvalue weighted by atomic mass is 19.4. The van der Waals surface area contributed by atoms with Gasteiger partial charge in [-0.1, -0.05) is 42.5 Å². The molecule has 2 aromatic carbocycles. The molecule has 0 saturated heterocycles. The number of hydrogen-bond acceptors (Lipinski definition) is 1. The Morgan fingerprint density at radius 2 is 1.63 bits per heavy atom. The van der Waals surface area contributed by atoms with E-state index in [0.717, 1.165) is 22.3 Å². The molecule has 0 radical (unpaired) electrons. The third-order valence-corrected chi connectivity index (χ3v) is 3.53. The van der Waals surface area contributed by atoms with Crippen molar-refractivity contribution in [1.82, 2.24) is 0 Å². The molecular weight excluding hydrogens is 251 g/mol. The van der Waals surface area contributed by atoms with E-state index in [2.05, 4.69) is 0 Å². The topological polar surface area (TPSA) is 26.0 Å². The number of fused-ring (bicyclic) bond motifs is 3. The standard InChI is InChI=1S/C15H12F3N/c16-15(17,18)14(19)10-5-6-13-11(8-10)7-9-3-1-2-4-12(9)13/h1-6,8,14H,7,19H2/t14-/m1/s1. The molecule has 0 unspecified atom stereocenters. The maximum atomic E-state index is 12.6. The Kier molecular flexibility index (Phi) is 2.64. The predicted octanol–water partition coefficient (Wildman–Crippen LogP) is 3.82. The van der Waals surface area contributed by atoms with Gasteiger partial charge in [-0.2, -0.15) is 13.2 Å². The van der Waals surface area contributed by atoms with E-state index in [4.69, 9.17) is 5.73 Å². The van der Waals surface area contributed by atoms with Crippen LogP contribution in [0.2, 0.25) is 0 Å². The van der Waals surface area contributed by atoms with Gasteiger partial charge in [-0.3, -0.25) is 0 Å². The summed E-state index contributed by atoms with van der Waals surface area (Å²) in [4.78, 5) is 0. The molecule has 98 valence electrons. The van der Waals surface area contributed by atoms with Crippen molar-refractivity contribution in [3.05, 3.63) is 59.2 Å². The summed E-state index contributed by atoms with van der Waals surface area (Å²) in [7, 11) is 0. The second-order valence-corrected chi connectivity index (χ2v) is 4.77.